The highest BCUT2D eigenvalue weighted by molar-refractivity contribution is 5.58. The molecule has 0 N–H and O–H groups in total. The number of aromatic nitrogens is 5. The molecule has 0 aromatic carbocycles. The van der Waals surface area contributed by atoms with Crippen LogP contribution in [0.5, 0.6) is 0 Å². The molecule has 0 spiro atoms. The summed E-state index contributed by atoms with van der Waals surface area (Å²) in [6.45, 7) is 2.43. The highest BCUT2D eigenvalue weighted by Gasteiger charge is 2.33. The number of hydrogen-bond acceptors (Lipinski definition) is 6. The van der Waals surface area contributed by atoms with Gasteiger partial charge in [-0.3, -0.25) is 14.6 Å². The molecule has 1 aliphatic heterocycles. The van der Waals surface area contributed by atoms with Crippen molar-refractivity contribution in [1.82, 2.24) is 24.7 Å². The van der Waals surface area contributed by atoms with E-state index in [1.54, 1.807) is 29.3 Å². The second-order valence-electron chi connectivity index (χ2n) is 6.54. The van der Waals surface area contributed by atoms with E-state index in [1.165, 1.54) is 6.20 Å². The van der Waals surface area contributed by atoms with Gasteiger partial charge in [0.25, 0.3) is 0 Å². The van der Waals surface area contributed by atoms with Crippen LogP contribution in [0.2, 0.25) is 0 Å². The molecule has 0 atom stereocenters. The Kier molecular flexibility index (Phi) is 4.62. The second kappa shape index (κ2) is 7.10. The van der Waals surface area contributed by atoms with Gasteiger partial charge in [-0.15, -0.1) is 0 Å². The Hall–Kier alpha value is -3.17. The molecule has 1 aliphatic rings. The van der Waals surface area contributed by atoms with Gasteiger partial charge >= 0.3 is 6.18 Å². The predicted octanol–water partition coefficient (Wildman–Crippen LogP) is 2.62. The van der Waals surface area contributed by atoms with E-state index in [2.05, 4.69) is 25.0 Å². The molecule has 0 saturated carbocycles. The molecule has 4 rings (SSSR count). The van der Waals surface area contributed by atoms with Gasteiger partial charge in [0.2, 0.25) is 0 Å². The quantitative estimate of drug-likeness (QED) is 0.686. The summed E-state index contributed by atoms with van der Waals surface area (Å²) < 4.78 is 40.4. The summed E-state index contributed by atoms with van der Waals surface area (Å²) in [6, 6.07) is 2.70. The number of hydrogen-bond donors (Lipinski definition) is 0. The number of halogens is 3. The van der Waals surface area contributed by atoms with Crippen molar-refractivity contribution in [3.63, 3.8) is 0 Å². The summed E-state index contributed by atoms with van der Waals surface area (Å²) in [5.74, 6) is 0.742. The van der Waals surface area contributed by atoms with Crippen molar-refractivity contribution < 1.29 is 13.2 Å². The number of pyridine rings is 1. The standard InChI is InChI=1S/C18H18F3N7/c1-26-12-13(9-24-26)15-10-22-11-17(25-15)28-6-4-27(5-7-28)14-2-3-23-16(8-14)18(19,20)21/h2-3,8-12H,4-7H2,1H3. The monoisotopic (exact) mass is 389 g/mol. The Balaban J connectivity index is 1.46. The molecule has 1 fully saturated rings. The molecule has 0 bridgehead atoms. The van der Waals surface area contributed by atoms with E-state index in [-0.39, 0.29) is 0 Å². The van der Waals surface area contributed by atoms with Crippen LogP contribution in [-0.4, -0.2) is 50.9 Å². The lowest BCUT2D eigenvalue weighted by molar-refractivity contribution is -0.141. The van der Waals surface area contributed by atoms with Crippen molar-refractivity contribution >= 4 is 11.5 Å². The van der Waals surface area contributed by atoms with Gasteiger partial charge in [-0.05, 0) is 12.1 Å². The number of aryl methyl sites for hydroxylation is 1. The number of rotatable bonds is 3. The summed E-state index contributed by atoms with van der Waals surface area (Å²) >= 11 is 0. The fraction of sp³-hybridized carbons (Fsp3) is 0.333. The molecule has 0 unspecified atom stereocenters. The van der Waals surface area contributed by atoms with E-state index >= 15 is 0 Å². The van der Waals surface area contributed by atoms with Crippen molar-refractivity contribution in [2.45, 2.75) is 6.18 Å². The zero-order chi connectivity index (χ0) is 19.7. The first-order valence-electron chi connectivity index (χ1n) is 8.74. The molecule has 146 valence electrons. The minimum absolute atomic E-state index is 0.525. The molecular formula is C18H18F3N7. The van der Waals surface area contributed by atoms with E-state index < -0.39 is 11.9 Å². The first-order chi connectivity index (χ1) is 13.4. The van der Waals surface area contributed by atoms with Crippen LogP contribution in [0, 0.1) is 0 Å². The maximum absolute atomic E-state index is 12.9. The summed E-state index contributed by atoms with van der Waals surface area (Å²) in [7, 11) is 1.84. The lowest BCUT2D eigenvalue weighted by atomic mass is 10.2. The smallest absolute Gasteiger partial charge is 0.368 e. The molecule has 0 amide bonds. The minimum Gasteiger partial charge on any atom is -0.368 e. The van der Waals surface area contributed by atoms with Crippen LogP contribution in [0.25, 0.3) is 11.3 Å². The average molecular weight is 389 g/mol. The molecule has 7 nitrogen and oxygen atoms in total. The van der Waals surface area contributed by atoms with Gasteiger partial charge in [0.15, 0.2) is 0 Å². The van der Waals surface area contributed by atoms with Crippen molar-refractivity contribution in [2.75, 3.05) is 36.0 Å². The van der Waals surface area contributed by atoms with Crippen LogP contribution in [0.4, 0.5) is 24.7 Å². The minimum atomic E-state index is -4.44. The Morgan fingerprint density at radius 2 is 1.75 bits per heavy atom. The van der Waals surface area contributed by atoms with Crippen LogP contribution in [0.15, 0.2) is 43.1 Å². The molecular weight excluding hydrogens is 371 g/mol. The Morgan fingerprint density at radius 1 is 1.00 bits per heavy atom. The zero-order valence-corrected chi connectivity index (χ0v) is 15.1. The highest BCUT2D eigenvalue weighted by Crippen LogP contribution is 2.30. The van der Waals surface area contributed by atoms with Crippen LogP contribution >= 0.6 is 0 Å². The fourth-order valence-corrected chi connectivity index (χ4v) is 3.17. The molecule has 28 heavy (non-hydrogen) atoms. The molecule has 0 aliphatic carbocycles. The molecule has 10 heteroatoms. The summed E-state index contributed by atoms with van der Waals surface area (Å²) in [5, 5.41) is 4.15. The Labute approximate surface area is 159 Å². The highest BCUT2D eigenvalue weighted by atomic mass is 19.4. The van der Waals surface area contributed by atoms with Gasteiger partial charge in [0, 0.05) is 56.9 Å². The van der Waals surface area contributed by atoms with Crippen molar-refractivity contribution in [3.05, 3.63) is 48.8 Å². The van der Waals surface area contributed by atoms with E-state index in [4.69, 9.17) is 0 Å². The van der Waals surface area contributed by atoms with E-state index in [0.717, 1.165) is 23.1 Å². The van der Waals surface area contributed by atoms with Gasteiger partial charge in [-0.2, -0.15) is 18.3 Å². The Bertz CT molecular complexity index is 962. The van der Waals surface area contributed by atoms with Crippen molar-refractivity contribution in [2.24, 2.45) is 7.05 Å². The van der Waals surface area contributed by atoms with Crippen molar-refractivity contribution in [3.8, 4) is 11.3 Å². The lowest BCUT2D eigenvalue weighted by Gasteiger charge is -2.36. The van der Waals surface area contributed by atoms with Gasteiger partial charge in [0.05, 0.1) is 24.3 Å². The summed E-state index contributed by atoms with van der Waals surface area (Å²) in [4.78, 5) is 16.4. The molecule has 4 heterocycles. The van der Waals surface area contributed by atoms with E-state index in [9.17, 15) is 13.2 Å². The largest absolute Gasteiger partial charge is 0.433 e. The summed E-state index contributed by atoms with van der Waals surface area (Å²) in [6.07, 6.45) is 3.74. The number of alkyl halides is 3. The third-order valence-electron chi connectivity index (χ3n) is 4.63. The van der Waals surface area contributed by atoms with Crippen molar-refractivity contribution in [1.29, 1.82) is 0 Å². The Morgan fingerprint density at radius 3 is 2.43 bits per heavy atom. The summed E-state index contributed by atoms with van der Waals surface area (Å²) in [5.41, 5.74) is 1.27. The first-order valence-corrected chi connectivity index (χ1v) is 8.74. The van der Waals surface area contributed by atoms with Gasteiger partial charge < -0.3 is 9.80 Å². The number of nitrogens with zero attached hydrogens (tertiary/aromatic N) is 7. The normalized spacial score (nSPS) is 15.1. The lowest BCUT2D eigenvalue weighted by Crippen LogP contribution is -2.47. The molecule has 3 aromatic rings. The topological polar surface area (TPSA) is 63.0 Å². The zero-order valence-electron chi connectivity index (χ0n) is 15.1. The van der Waals surface area contributed by atoms with Gasteiger partial charge in [-0.1, -0.05) is 0 Å². The maximum Gasteiger partial charge on any atom is 0.433 e. The van der Waals surface area contributed by atoms with Crippen LogP contribution in [0.1, 0.15) is 5.69 Å². The average Bonchev–Trinajstić information content (AvgIpc) is 3.14. The predicted molar refractivity (Wildman–Crippen MR) is 97.9 cm³/mol. The first kappa shape index (κ1) is 18.2. The third-order valence-corrected chi connectivity index (χ3v) is 4.63. The van der Waals surface area contributed by atoms with Gasteiger partial charge in [-0.25, -0.2) is 4.98 Å². The number of anilines is 2. The third kappa shape index (κ3) is 3.75. The van der Waals surface area contributed by atoms with E-state index in [1.807, 2.05) is 18.1 Å². The number of piperazine rings is 1. The van der Waals surface area contributed by atoms with Gasteiger partial charge in [0.1, 0.15) is 11.5 Å². The SMILES string of the molecule is Cn1cc(-c2cncc(N3CCN(c4ccnc(C(F)(F)F)c4)CC3)n2)cn1. The molecule has 0 radical (unpaired) electrons. The fourth-order valence-electron chi connectivity index (χ4n) is 3.17. The van der Waals surface area contributed by atoms with Crippen LogP contribution in [0.3, 0.4) is 0 Å². The van der Waals surface area contributed by atoms with E-state index in [0.29, 0.717) is 31.9 Å². The molecule has 3 aromatic heterocycles. The second-order valence-corrected chi connectivity index (χ2v) is 6.54. The maximum atomic E-state index is 12.9. The van der Waals surface area contributed by atoms with Crippen LogP contribution in [-0.2, 0) is 13.2 Å². The molecule has 1 saturated heterocycles. The van der Waals surface area contributed by atoms with Crippen LogP contribution < -0.4 is 9.80 Å².